The second kappa shape index (κ2) is 4.17. The van der Waals surface area contributed by atoms with Gasteiger partial charge >= 0.3 is 0 Å². The zero-order valence-corrected chi connectivity index (χ0v) is 8.57. The maximum atomic E-state index is 10.8. The number of ketones is 1. The fraction of sp³-hybridized carbons (Fsp3) is 0.250. The first-order chi connectivity index (χ1) is 7.25. The van der Waals surface area contributed by atoms with Crippen molar-refractivity contribution in [2.75, 3.05) is 6.61 Å². The smallest absolute Gasteiger partial charge is 0.190 e. The lowest BCUT2D eigenvalue weighted by atomic mass is 10.1. The van der Waals surface area contributed by atoms with Gasteiger partial charge in [0.05, 0.1) is 6.04 Å². The highest BCUT2D eigenvalue weighted by Gasteiger charge is 2.20. The van der Waals surface area contributed by atoms with E-state index in [0.29, 0.717) is 12.5 Å². The van der Waals surface area contributed by atoms with Gasteiger partial charge in [0.15, 0.2) is 11.7 Å². The molecule has 2 rings (SSSR count). The van der Waals surface area contributed by atoms with Crippen LogP contribution in [0.3, 0.4) is 0 Å². The quantitative estimate of drug-likeness (QED) is 0.744. The molecular weight excluding hydrogens is 190 g/mol. The number of allylic oxidation sites excluding steroid dienone is 1. The average molecular weight is 203 g/mol. The van der Waals surface area contributed by atoms with E-state index < -0.39 is 0 Å². The summed E-state index contributed by atoms with van der Waals surface area (Å²) in [7, 11) is 0. The predicted octanol–water partition coefficient (Wildman–Crippen LogP) is 1.78. The second-order valence-corrected chi connectivity index (χ2v) is 3.54. The minimum Gasteiger partial charge on any atom is -0.477 e. The van der Waals surface area contributed by atoms with E-state index in [-0.39, 0.29) is 11.8 Å². The number of hydrogen-bond donors (Lipinski definition) is 1. The number of hydrogen-bond acceptors (Lipinski definition) is 3. The van der Waals surface area contributed by atoms with Crippen molar-refractivity contribution in [1.82, 2.24) is 5.32 Å². The molecule has 1 aromatic rings. The second-order valence-electron chi connectivity index (χ2n) is 3.54. The highest BCUT2D eigenvalue weighted by atomic mass is 16.5. The summed E-state index contributed by atoms with van der Waals surface area (Å²) in [6, 6.07) is 10.2. The van der Waals surface area contributed by atoms with Crippen molar-refractivity contribution in [2.45, 2.75) is 13.0 Å². The van der Waals surface area contributed by atoms with Gasteiger partial charge < -0.3 is 10.1 Å². The van der Waals surface area contributed by atoms with Crippen LogP contribution in [-0.2, 0) is 9.53 Å². The molecule has 1 aliphatic heterocycles. The van der Waals surface area contributed by atoms with Crippen LogP contribution in [0.4, 0.5) is 0 Å². The first-order valence-electron chi connectivity index (χ1n) is 4.92. The summed E-state index contributed by atoms with van der Waals surface area (Å²) in [6.07, 6.45) is 1.48. The minimum absolute atomic E-state index is 0.00814. The third kappa shape index (κ3) is 2.37. The number of carbonyl (C=O) groups is 1. The van der Waals surface area contributed by atoms with Gasteiger partial charge in [0, 0.05) is 6.08 Å². The van der Waals surface area contributed by atoms with Gasteiger partial charge in [-0.3, -0.25) is 4.79 Å². The molecular formula is C12H13NO2. The van der Waals surface area contributed by atoms with Gasteiger partial charge in [-0.1, -0.05) is 30.3 Å². The molecule has 3 heteroatoms. The molecule has 1 saturated heterocycles. The Morgan fingerprint density at radius 2 is 2.20 bits per heavy atom. The van der Waals surface area contributed by atoms with Crippen LogP contribution in [0.1, 0.15) is 18.5 Å². The fourth-order valence-corrected chi connectivity index (χ4v) is 1.56. The van der Waals surface area contributed by atoms with Crippen LogP contribution in [-0.4, -0.2) is 12.4 Å². The van der Waals surface area contributed by atoms with Gasteiger partial charge in [-0.15, -0.1) is 0 Å². The van der Waals surface area contributed by atoms with Crippen molar-refractivity contribution in [1.29, 1.82) is 0 Å². The predicted molar refractivity (Wildman–Crippen MR) is 57.0 cm³/mol. The van der Waals surface area contributed by atoms with Crippen LogP contribution in [0.2, 0.25) is 0 Å². The monoisotopic (exact) mass is 203 g/mol. The molecule has 1 N–H and O–H groups in total. The Kier molecular flexibility index (Phi) is 2.72. The van der Waals surface area contributed by atoms with Crippen molar-refractivity contribution in [3.05, 3.63) is 47.9 Å². The molecule has 1 heterocycles. The standard InChI is InChI=1S/C12H13NO2/c1-9(14)7-12-13-11(8-15-12)10-5-3-2-4-6-10/h2-7,11,13H,8H2,1H3/b12-7+/t11-/m1/s1. The molecule has 0 unspecified atom stereocenters. The van der Waals surface area contributed by atoms with E-state index >= 15 is 0 Å². The molecule has 0 saturated carbocycles. The first kappa shape index (κ1) is 9.77. The molecule has 0 radical (unpaired) electrons. The SMILES string of the molecule is CC(=O)/C=C1\N[C@@H](c2ccccc2)CO1. The topological polar surface area (TPSA) is 38.3 Å². The summed E-state index contributed by atoms with van der Waals surface area (Å²) in [6.45, 7) is 2.08. The third-order valence-corrected chi connectivity index (χ3v) is 2.26. The third-order valence-electron chi connectivity index (χ3n) is 2.26. The Bertz CT molecular complexity index is 384. The number of ether oxygens (including phenoxy) is 1. The lowest BCUT2D eigenvalue weighted by Gasteiger charge is -2.07. The van der Waals surface area contributed by atoms with Crippen molar-refractivity contribution in [3.8, 4) is 0 Å². The van der Waals surface area contributed by atoms with Gasteiger partial charge in [0.1, 0.15) is 6.61 Å². The van der Waals surface area contributed by atoms with E-state index in [1.807, 2.05) is 30.3 Å². The van der Waals surface area contributed by atoms with E-state index in [1.54, 1.807) is 0 Å². The Balaban J connectivity index is 2.08. The van der Waals surface area contributed by atoms with Crippen LogP contribution in [0.15, 0.2) is 42.3 Å². The van der Waals surface area contributed by atoms with Crippen LogP contribution in [0.25, 0.3) is 0 Å². The maximum Gasteiger partial charge on any atom is 0.190 e. The molecule has 0 spiro atoms. The summed E-state index contributed by atoms with van der Waals surface area (Å²) < 4.78 is 5.36. The number of carbonyl (C=O) groups excluding carboxylic acids is 1. The zero-order valence-electron chi connectivity index (χ0n) is 8.57. The number of benzene rings is 1. The van der Waals surface area contributed by atoms with E-state index in [4.69, 9.17) is 4.74 Å². The van der Waals surface area contributed by atoms with Gasteiger partial charge in [0.25, 0.3) is 0 Å². The van der Waals surface area contributed by atoms with Gasteiger partial charge in [-0.25, -0.2) is 0 Å². The van der Waals surface area contributed by atoms with Crippen molar-refractivity contribution >= 4 is 5.78 Å². The largest absolute Gasteiger partial charge is 0.477 e. The molecule has 0 aliphatic carbocycles. The molecule has 0 bridgehead atoms. The summed E-state index contributed by atoms with van der Waals surface area (Å²) in [5.74, 6) is 0.558. The molecule has 1 fully saturated rings. The Morgan fingerprint density at radius 3 is 2.87 bits per heavy atom. The van der Waals surface area contributed by atoms with Crippen LogP contribution >= 0.6 is 0 Å². The Morgan fingerprint density at radius 1 is 1.47 bits per heavy atom. The summed E-state index contributed by atoms with van der Waals surface area (Å²) in [4.78, 5) is 10.8. The average Bonchev–Trinajstić information content (AvgIpc) is 2.67. The van der Waals surface area contributed by atoms with Crippen LogP contribution < -0.4 is 5.32 Å². The molecule has 15 heavy (non-hydrogen) atoms. The van der Waals surface area contributed by atoms with Crippen molar-refractivity contribution < 1.29 is 9.53 Å². The Hall–Kier alpha value is -1.77. The summed E-state index contributed by atoms with van der Waals surface area (Å²) in [5.41, 5.74) is 1.17. The molecule has 0 amide bonds. The Labute approximate surface area is 88.8 Å². The van der Waals surface area contributed by atoms with Gasteiger partial charge in [-0.05, 0) is 12.5 Å². The molecule has 1 aromatic carbocycles. The number of nitrogens with one attached hydrogen (secondary N) is 1. The highest BCUT2D eigenvalue weighted by molar-refractivity contribution is 5.87. The highest BCUT2D eigenvalue weighted by Crippen LogP contribution is 2.21. The summed E-state index contributed by atoms with van der Waals surface area (Å²) >= 11 is 0. The zero-order chi connectivity index (χ0) is 10.7. The number of rotatable bonds is 2. The van der Waals surface area contributed by atoms with Gasteiger partial charge in [-0.2, -0.15) is 0 Å². The normalized spacial score (nSPS) is 22.2. The molecule has 78 valence electrons. The van der Waals surface area contributed by atoms with E-state index in [9.17, 15) is 4.79 Å². The lowest BCUT2D eigenvalue weighted by Crippen LogP contribution is -2.13. The minimum atomic E-state index is -0.00814. The molecule has 1 aliphatic rings. The van der Waals surface area contributed by atoms with Crippen LogP contribution in [0.5, 0.6) is 0 Å². The summed E-state index contributed by atoms with van der Waals surface area (Å²) in [5, 5.41) is 3.16. The lowest BCUT2D eigenvalue weighted by molar-refractivity contribution is -0.112. The molecule has 0 aromatic heterocycles. The molecule has 1 atom stereocenters. The first-order valence-corrected chi connectivity index (χ1v) is 4.92. The molecule has 3 nitrogen and oxygen atoms in total. The maximum absolute atomic E-state index is 10.8. The van der Waals surface area contributed by atoms with Crippen molar-refractivity contribution in [2.24, 2.45) is 0 Å². The fourth-order valence-electron chi connectivity index (χ4n) is 1.56. The van der Waals surface area contributed by atoms with Crippen molar-refractivity contribution in [3.63, 3.8) is 0 Å². The van der Waals surface area contributed by atoms with E-state index in [1.165, 1.54) is 18.6 Å². The van der Waals surface area contributed by atoms with Crippen LogP contribution in [0, 0.1) is 0 Å². The van der Waals surface area contributed by atoms with E-state index in [2.05, 4.69) is 5.32 Å². The van der Waals surface area contributed by atoms with E-state index in [0.717, 1.165) is 0 Å². The van der Waals surface area contributed by atoms with Gasteiger partial charge in [0.2, 0.25) is 0 Å².